The van der Waals surface area contributed by atoms with Crippen molar-refractivity contribution in [3.8, 4) is 0 Å². The highest BCUT2D eigenvalue weighted by Crippen LogP contribution is 2.18. The van der Waals surface area contributed by atoms with E-state index < -0.39 is 18.0 Å². The van der Waals surface area contributed by atoms with Crippen LogP contribution in [0.4, 0.5) is 4.79 Å². The van der Waals surface area contributed by atoms with Crippen LogP contribution in [0.15, 0.2) is 5.29 Å². The topological polar surface area (TPSA) is 96.1 Å². The fraction of sp³-hybridized carbons (Fsp3) is 0.750. The first kappa shape index (κ1) is 12.7. The Morgan fingerprint density at radius 2 is 2.25 bits per heavy atom. The molecule has 16 heavy (non-hydrogen) atoms. The first-order valence-electron chi connectivity index (χ1n) is 4.88. The monoisotopic (exact) mass is 248 g/mol. The number of urea groups is 1. The first-order valence-corrected chi connectivity index (χ1v) is 5.42. The zero-order valence-electron chi connectivity index (χ0n) is 8.63. The van der Waals surface area contributed by atoms with Crippen LogP contribution in [-0.4, -0.2) is 46.9 Å². The summed E-state index contributed by atoms with van der Waals surface area (Å²) in [5, 5.41) is 3.27. The number of hydrogen-bond donors (Lipinski definition) is 1. The van der Waals surface area contributed by atoms with Crippen LogP contribution in [0.25, 0.3) is 0 Å². The summed E-state index contributed by atoms with van der Waals surface area (Å²) >= 11 is 5.42. The normalized spacial score (nSPS) is 19.6. The van der Waals surface area contributed by atoms with Crippen molar-refractivity contribution in [3.63, 3.8) is 0 Å². The third-order valence-electron chi connectivity index (χ3n) is 2.44. The number of nitrogens with zero attached hydrogens (tertiary/aromatic N) is 3. The quantitative estimate of drug-likeness (QED) is 0.440. The van der Waals surface area contributed by atoms with Gasteiger partial charge in [-0.15, -0.1) is 16.5 Å². The number of alkyl halides is 1. The molecule has 0 aromatic carbocycles. The molecule has 1 aliphatic rings. The van der Waals surface area contributed by atoms with Gasteiger partial charge in [0.2, 0.25) is 5.91 Å². The molecule has 1 fully saturated rings. The van der Waals surface area contributed by atoms with Crippen molar-refractivity contribution in [1.29, 1.82) is 0 Å². The SMILES string of the molecule is NC(=O)[C@@H]1CCCN1C(=O)N(CCCl)N=O. The second-order valence-corrected chi connectivity index (χ2v) is 3.81. The highest BCUT2D eigenvalue weighted by atomic mass is 35.5. The molecule has 0 radical (unpaired) electrons. The van der Waals surface area contributed by atoms with Gasteiger partial charge in [0, 0.05) is 12.4 Å². The lowest BCUT2D eigenvalue weighted by Gasteiger charge is -2.25. The fourth-order valence-electron chi connectivity index (χ4n) is 1.69. The number of nitrogens with two attached hydrogens (primary N) is 1. The molecule has 7 nitrogen and oxygen atoms in total. The van der Waals surface area contributed by atoms with Crippen molar-refractivity contribution in [2.75, 3.05) is 19.0 Å². The molecule has 0 unspecified atom stereocenters. The van der Waals surface area contributed by atoms with Gasteiger partial charge in [-0.3, -0.25) is 4.79 Å². The summed E-state index contributed by atoms with van der Waals surface area (Å²) in [5.41, 5.74) is 5.16. The number of primary amides is 1. The van der Waals surface area contributed by atoms with E-state index >= 15 is 0 Å². The Bertz CT molecular complexity index is 299. The molecule has 1 rings (SSSR count). The summed E-state index contributed by atoms with van der Waals surface area (Å²) in [5.74, 6) is -0.463. The van der Waals surface area contributed by atoms with E-state index in [2.05, 4.69) is 5.29 Å². The molecule has 1 atom stereocenters. The summed E-state index contributed by atoms with van der Waals surface area (Å²) in [6.45, 7) is 0.423. The Kier molecular flexibility index (Phi) is 4.48. The Morgan fingerprint density at radius 3 is 2.75 bits per heavy atom. The van der Waals surface area contributed by atoms with Gasteiger partial charge in [0.1, 0.15) is 6.04 Å². The number of halogens is 1. The summed E-state index contributed by atoms with van der Waals surface area (Å²) in [4.78, 5) is 34.5. The van der Waals surface area contributed by atoms with Gasteiger partial charge >= 0.3 is 6.03 Å². The van der Waals surface area contributed by atoms with Gasteiger partial charge in [-0.1, -0.05) is 0 Å². The summed E-state index contributed by atoms with van der Waals surface area (Å²) in [6.07, 6.45) is 1.21. The Labute approximate surface area is 97.4 Å². The number of carbonyl (C=O) groups excluding carboxylic acids is 2. The highest BCUT2D eigenvalue weighted by Gasteiger charge is 2.35. The van der Waals surface area contributed by atoms with E-state index in [4.69, 9.17) is 17.3 Å². The van der Waals surface area contributed by atoms with Gasteiger partial charge in [-0.25, -0.2) is 4.79 Å². The molecule has 0 aromatic heterocycles. The molecule has 0 spiro atoms. The molecule has 8 heteroatoms. The predicted molar refractivity (Wildman–Crippen MR) is 57.5 cm³/mol. The van der Waals surface area contributed by atoms with Gasteiger partial charge in [-0.05, 0) is 12.8 Å². The zero-order chi connectivity index (χ0) is 12.1. The van der Waals surface area contributed by atoms with Crippen LogP contribution in [0.5, 0.6) is 0 Å². The van der Waals surface area contributed by atoms with Gasteiger partial charge in [0.05, 0.1) is 11.8 Å². The molecule has 1 heterocycles. The van der Waals surface area contributed by atoms with Crippen LogP contribution in [0.3, 0.4) is 0 Å². The summed E-state index contributed by atoms with van der Waals surface area (Å²) in [6, 6.07) is -1.26. The standard InChI is InChI=1S/C8H13ClN4O3/c9-3-5-13(11-16)8(15)12-4-1-2-6(12)7(10)14/h6H,1-5H2,(H2,10,14)/t6-/m0/s1. The molecule has 1 saturated heterocycles. The van der Waals surface area contributed by atoms with Crippen molar-refractivity contribution in [2.45, 2.75) is 18.9 Å². The van der Waals surface area contributed by atoms with Gasteiger partial charge in [0.25, 0.3) is 0 Å². The average molecular weight is 249 g/mol. The summed E-state index contributed by atoms with van der Waals surface area (Å²) in [7, 11) is 0. The Balaban J connectivity index is 2.71. The molecule has 0 aromatic rings. The molecule has 90 valence electrons. The molecule has 0 bridgehead atoms. The van der Waals surface area contributed by atoms with E-state index in [9.17, 15) is 14.5 Å². The number of amides is 3. The van der Waals surface area contributed by atoms with Crippen LogP contribution in [0.1, 0.15) is 12.8 Å². The van der Waals surface area contributed by atoms with Crippen LogP contribution < -0.4 is 5.73 Å². The number of likely N-dealkylation sites (tertiary alicyclic amines) is 1. The van der Waals surface area contributed by atoms with Gasteiger partial charge in [-0.2, -0.15) is 5.01 Å². The lowest BCUT2D eigenvalue weighted by atomic mass is 10.2. The zero-order valence-corrected chi connectivity index (χ0v) is 9.39. The third-order valence-corrected chi connectivity index (χ3v) is 2.61. The van der Waals surface area contributed by atoms with E-state index in [-0.39, 0.29) is 12.4 Å². The minimum absolute atomic E-state index is 0.0197. The van der Waals surface area contributed by atoms with E-state index in [1.807, 2.05) is 0 Å². The van der Waals surface area contributed by atoms with E-state index in [0.717, 1.165) is 0 Å². The second kappa shape index (κ2) is 5.64. The Morgan fingerprint density at radius 1 is 1.56 bits per heavy atom. The van der Waals surface area contributed by atoms with Gasteiger partial charge < -0.3 is 10.6 Å². The van der Waals surface area contributed by atoms with Crippen LogP contribution in [0, 0.1) is 4.91 Å². The van der Waals surface area contributed by atoms with Gasteiger partial charge in [0.15, 0.2) is 0 Å². The van der Waals surface area contributed by atoms with E-state index in [0.29, 0.717) is 24.4 Å². The molecular weight excluding hydrogens is 236 g/mol. The van der Waals surface area contributed by atoms with Crippen molar-refractivity contribution >= 4 is 23.5 Å². The molecular formula is C8H13ClN4O3. The lowest BCUT2D eigenvalue weighted by Crippen LogP contribution is -2.48. The number of carbonyl (C=O) groups is 2. The molecule has 3 amide bonds. The minimum atomic E-state index is -0.646. The fourth-order valence-corrected chi connectivity index (χ4v) is 1.85. The third kappa shape index (κ3) is 2.60. The molecule has 2 N–H and O–H groups in total. The first-order chi connectivity index (χ1) is 7.61. The molecule has 0 saturated carbocycles. The van der Waals surface area contributed by atoms with Crippen molar-refractivity contribution in [2.24, 2.45) is 11.0 Å². The van der Waals surface area contributed by atoms with Crippen LogP contribution in [-0.2, 0) is 4.79 Å². The number of rotatable bonds is 4. The molecule has 0 aliphatic carbocycles. The molecule has 1 aliphatic heterocycles. The summed E-state index contributed by atoms with van der Waals surface area (Å²) < 4.78 is 0. The minimum Gasteiger partial charge on any atom is -0.368 e. The number of nitroso groups, excluding NO2 is 1. The van der Waals surface area contributed by atoms with Crippen molar-refractivity contribution < 1.29 is 9.59 Å². The maximum Gasteiger partial charge on any atom is 0.343 e. The lowest BCUT2D eigenvalue weighted by molar-refractivity contribution is -0.121. The van der Waals surface area contributed by atoms with Crippen LogP contribution in [0.2, 0.25) is 0 Å². The van der Waals surface area contributed by atoms with Crippen LogP contribution >= 0.6 is 11.6 Å². The maximum atomic E-state index is 11.8. The average Bonchev–Trinajstić information content (AvgIpc) is 2.73. The largest absolute Gasteiger partial charge is 0.368 e. The second-order valence-electron chi connectivity index (χ2n) is 3.43. The van der Waals surface area contributed by atoms with Crippen molar-refractivity contribution in [1.82, 2.24) is 9.91 Å². The highest BCUT2D eigenvalue weighted by molar-refractivity contribution is 6.18. The smallest absolute Gasteiger partial charge is 0.343 e. The van der Waals surface area contributed by atoms with Crippen molar-refractivity contribution in [3.05, 3.63) is 4.91 Å². The van der Waals surface area contributed by atoms with E-state index in [1.165, 1.54) is 4.90 Å². The maximum absolute atomic E-state index is 11.8. The predicted octanol–water partition coefficient (Wildman–Crippen LogP) is 0.278. The van der Waals surface area contributed by atoms with E-state index in [1.54, 1.807) is 0 Å². The Hall–Kier alpha value is -1.37. The number of hydrogen-bond acceptors (Lipinski definition) is 4.